The minimum Gasteiger partial charge on any atom is -0.456 e. The van der Waals surface area contributed by atoms with Gasteiger partial charge in [0.25, 0.3) is 0 Å². The van der Waals surface area contributed by atoms with Crippen LogP contribution in [0.2, 0.25) is 0 Å². The summed E-state index contributed by atoms with van der Waals surface area (Å²) in [5, 5.41) is 14.6. The fourth-order valence-electron chi connectivity index (χ4n) is 7.62. The van der Waals surface area contributed by atoms with Crippen LogP contribution in [0.1, 0.15) is 29.0 Å². The highest BCUT2D eigenvalue weighted by atomic mass is 16.3. The molecule has 9 aromatic rings. The molecule has 0 saturated heterocycles. The predicted octanol–water partition coefficient (Wildman–Crippen LogP) is 11.6. The van der Waals surface area contributed by atoms with Crippen LogP contribution in [0.4, 0.5) is 0 Å². The summed E-state index contributed by atoms with van der Waals surface area (Å²) in [6, 6.07) is 62.2. The number of hydrogen-bond acceptors (Lipinski definition) is 4. The van der Waals surface area contributed by atoms with E-state index in [0.717, 1.165) is 50.0 Å². The number of aliphatic imine (C=N–C) groups is 1. The summed E-state index contributed by atoms with van der Waals surface area (Å²) in [6.45, 7) is 0. The van der Waals surface area contributed by atoms with Crippen molar-refractivity contribution >= 4 is 49.3 Å². The zero-order valence-electron chi connectivity index (χ0n) is 27.8. The smallest absolute Gasteiger partial charge is 0.136 e. The first-order chi connectivity index (χ1) is 25.2. The van der Waals surface area contributed by atoms with Gasteiger partial charge in [-0.25, -0.2) is 4.99 Å². The van der Waals surface area contributed by atoms with Crippen molar-refractivity contribution < 1.29 is 4.42 Å². The first kappa shape index (κ1) is 29.4. The van der Waals surface area contributed by atoms with Crippen LogP contribution in [-0.4, -0.2) is 5.84 Å². The third-order valence-electron chi connectivity index (χ3n) is 10.1. The Hall–Kier alpha value is -6.49. The fourth-order valence-corrected chi connectivity index (χ4v) is 7.62. The van der Waals surface area contributed by atoms with E-state index in [4.69, 9.17) is 9.41 Å². The van der Waals surface area contributed by atoms with Crippen molar-refractivity contribution in [2.45, 2.75) is 12.3 Å². The van der Waals surface area contributed by atoms with Crippen molar-refractivity contribution in [1.29, 1.82) is 0 Å². The number of nitrogens with zero attached hydrogens (tertiary/aromatic N) is 1. The van der Waals surface area contributed by atoms with E-state index in [-0.39, 0.29) is 12.3 Å². The summed E-state index contributed by atoms with van der Waals surface area (Å²) in [7, 11) is 0. The fraction of sp³-hybridized carbons (Fsp3) is 0.0426. The Bertz CT molecular complexity index is 2780. The largest absolute Gasteiger partial charge is 0.456 e. The molecular weight excluding hydrogens is 623 g/mol. The van der Waals surface area contributed by atoms with E-state index in [2.05, 4.69) is 187 Å². The second-order valence-electron chi connectivity index (χ2n) is 13.2. The van der Waals surface area contributed by atoms with Crippen molar-refractivity contribution in [3.05, 3.63) is 193 Å². The van der Waals surface area contributed by atoms with Crippen molar-refractivity contribution in [2.24, 2.45) is 4.99 Å². The van der Waals surface area contributed by atoms with Gasteiger partial charge in [-0.1, -0.05) is 146 Å². The molecule has 0 saturated carbocycles. The summed E-state index contributed by atoms with van der Waals surface area (Å²) in [5.41, 5.74) is 9.70. The summed E-state index contributed by atoms with van der Waals surface area (Å²) in [6.07, 6.45) is -0.500. The van der Waals surface area contributed by atoms with Crippen LogP contribution in [-0.2, 0) is 0 Å². The Morgan fingerprint density at radius 3 is 1.94 bits per heavy atom. The van der Waals surface area contributed by atoms with E-state index >= 15 is 0 Å². The van der Waals surface area contributed by atoms with Crippen molar-refractivity contribution in [3.8, 4) is 22.3 Å². The quantitative estimate of drug-likeness (QED) is 0.194. The Morgan fingerprint density at radius 1 is 0.471 bits per heavy atom. The van der Waals surface area contributed by atoms with Gasteiger partial charge in [-0.15, -0.1) is 0 Å². The molecule has 0 bridgehead atoms. The molecule has 2 heterocycles. The van der Waals surface area contributed by atoms with Crippen LogP contribution in [0.15, 0.2) is 185 Å². The Kier molecular flexibility index (Phi) is 7.00. The van der Waals surface area contributed by atoms with Gasteiger partial charge in [0.15, 0.2) is 0 Å². The SMILES string of the molecule is c1ccc(-c2ccccc2-c2ccc3c(c2)oc2cccc(C4NC(c5ccc6ccccc6c5)=NC(c5ccc6ccccc6c5)N4)c23)cc1. The highest BCUT2D eigenvalue weighted by Gasteiger charge is 2.28. The second-order valence-corrected chi connectivity index (χ2v) is 13.2. The molecule has 0 fully saturated rings. The monoisotopic (exact) mass is 655 g/mol. The van der Waals surface area contributed by atoms with Gasteiger partial charge in [0.05, 0.1) is 0 Å². The molecule has 1 aliphatic rings. The lowest BCUT2D eigenvalue weighted by Crippen LogP contribution is -2.45. The molecule has 10 rings (SSSR count). The van der Waals surface area contributed by atoms with Gasteiger partial charge < -0.3 is 9.73 Å². The van der Waals surface area contributed by atoms with Gasteiger partial charge in [0.1, 0.15) is 29.3 Å². The topological polar surface area (TPSA) is 49.6 Å². The van der Waals surface area contributed by atoms with Crippen molar-refractivity contribution in [1.82, 2.24) is 10.6 Å². The summed E-state index contributed by atoms with van der Waals surface area (Å²) < 4.78 is 6.63. The van der Waals surface area contributed by atoms with Crippen LogP contribution < -0.4 is 10.6 Å². The summed E-state index contributed by atoms with van der Waals surface area (Å²) in [5.74, 6) is 0.854. The van der Waals surface area contributed by atoms with Crippen LogP contribution in [0, 0.1) is 0 Å². The maximum atomic E-state index is 6.63. The predicted molar refractivity (Wildman–Crippen MR) is 211 cm³/mol. The molecule has 0 amide bonds. The maximum absolute atomic E-state index is 6.63. The number of benzene rings is 8. The molecule has 0 aliphatic carbocycles. The van der Waals surface area contributed by atoms with Gasteiger partial charge >= 0.3 is 0 Å². The van der Waals surface area contributed by atoms with E-state index in [1.165, 1.54) is 38.2 Å². The lowest BCUT2D eigenvalue weighted by atomic mass is 9.94. The minimum absolute atomic E-state index is 0.233. The van der Waals surface area contributed by atoms with E-state index in [0.29, 0.717) is 0 Å². The highest BCUT2D eigenvalue weighted by Crippen LogP contribution is 2.39. The zero-order valence-corrected chi connectivity index (χ0v) is 27.8. The average Bonchev–Trinajstić information content (AvgIpc) is 3.59. The zero-order chi connectivity index (χ0) is 33.7. The van der Waals surface area contributed by atoms with E-state index in [9.17, 15) is 0 Å². The molecule has 0 spiro atoms. The maximum Gasteiger partial charge on any atom is 0.136 e. The van der Waals surface area contributed by atoms with Gasteiger partial charge in [-0.05, 0) is 79.7 Å². The van der Waals surface area contributed by atoms with Crippen molar-refractivity contribution in [3.63, 3.8) is 0 Å². The Labute approximate surface area is 295 Å². The lowest BCUT2D eigenvalue weighted by molar-refractivity contribution is 0.411. The molecule has 242 valence electrons. The molecule has 4 nitrogen and oxygen atoms in total. The van der Waals surface area contributed by atoms with Gasteiger partial charge in [-0.2, -0.15) is 0 Å². The van der Waals surface area contributed by atoms with Crippen LogP contribution in [0.25, 0.3) is 65.7 Å². The van der Waals surface area contributed by atoms with Gasteiger partial charge in [0, 0.05) is 21.9 Å². The molecule has 1 aromatic heterocycles. The third kappa shape index (κ3) is 5.25. The highest BCUT2D eigenvalue weighted by molar-refractivity contribution is 6.09. The number of hydrogen-bond donors (Lipinski definition) is 2. The summed E-state index contributed by atoms with van der Waals surface area (Å²) in [4.78, 5) is 5.29. The lowest BCUT2D eigenvalue weighted by Gasteiger charge is -2.32. The second kappa shape index (κ2) is 12.1. The van der Waals surface area contributed by atoms with Crippen LogP contribution in [0.5, 0.6) is 0 Å². The normalized spacial score (nSPS) is 16.0. The van der Waals surface area contributed by atoms with Gasteiger partial charge in [-0.3, -0.25) is 5.32 Å². The Morgan fingerprint density at radius 2 is 1.14 bits per heavy atom. The molecular formula is C47H33N3O. The van der Waals surface area contributed by atoms with Crippen LogP contribution in [0.3, 0.4) is 0 Å². The number of rotatable bonds is 5. The van der Waals surface area contributed by atoms with Gasteiger partial charge in [0.2, 0.25) is 0 Å². The third-order valence-corrected chi connectivity index (χ3v) is 10.1. The molecule has 2 N–H and O–H groups in total. The first-order valence-electron chi connectivity index (χ1n) is 17.4. The molecule has 1 aliphatic heterocycles. The molecule has 4 heteroatoms. The Balaban J connectivity index is 1.09. The molecule has 8 aromatic carbocycles. The van der Waals surface area contributed by atoms with Crippen LogP contribution >= 0.6 is 0 Å². The number of nitrogens with one attached hydrogen (secondary N) is 2. The first-order valence-corrected chi connectivity index (χ1v) is 17.4. The average molecular weight is 656 g/mol. The molecule has 51 heavy (non-hydrogen) atoms. The van der Waals surface area contributed by atoms with E-state index < -0.39 is 0 Å². The van der Waals surface area contributed by atoms with E-state index in [1.54, 1.807) is 0 Å². The number of fused-ring (bicyclic) bond motifs is 5. The minimum atomic E-state index is -0.267. The standard InChI is InChI=1S/C47H33N3O/c1-2-13-32(14-3-1)38-17-8-9-18-39(38)35-25-26-40-43(29-35)51-42-20-10-19-41(44(40)42)47-49-45(36-23-21-30-11-4-6-15-33(30)27-36)48-46(50-47)37-24-22-31-12-5-7-16-34(31)28-37/h1-29,45,47,49H,(H,48,50). The molecule has 2 unspecified atom stereocenters. The molecule has 2 atom stereocenters. The molecule has 0 radical (unpaired) electrons. The summed E-state index contributed by atoms with van der Waals surface area (Å²) >= 11 is 0. The number of amidine groups is 1. The van der Waals surface area contributed by atoms with Crippen molar-refractivity contribution in [2.75, 3.05) is 0 Å². The number of furan rings is 1. The van der Waals surface area contributed by atoms with E-state index in [1.807, 2.05) is 0 Å².